The molecule has 0 aromatic heterocycles. The average Bonchev–Trinajstić information content (AvgIpc) is 2.02. The van der Waals surface area contributed by atoms with E-state index < -0.39 is 4.92 Å². The van der Waals surface area contributed by atoms with Gasteiger partial charge >= 0.3 is 0 Å². The van der Waals surface area contributed by atoms with E-state index in [-0.39, 0.29) is 22.1 Å². The van der Waals surface area contributed by atoms with E-state index in [2.05, 4.69) is 0 Å². The number of benzene rings is 1. The maximum Gasteiger partial charge on any atom is 0.288 e. The first-order valence-electron chi connectivity index (χ1n) is 3.58. The molecule has 0 spiro atoms. The van der Waals surface area contributed by atoms with E-state index >= 15 is 0 Å². The minimum Gasteiger partial charge on any atom is -0.294 e. The lowest BCUT2D eigenvalue weighted by Crippen LogP contribution is -2.00. The number of halogens is 2. The van der Waals surface area contributed by atoms with E-state index in [9.17, 15) is 14.9 Å². The summed E-state index contributed by atoms with van der Waals surface area (Å²) in [5.41, 5.74) is -0.0289. The van der Waals surface area contributed by atoms with Crippen LogP contribution in [0.3, 0.4) is 0 Å². The molecule has 1 aromatic carbocycles. The zero-order chi connectivity index (χ0) is 10.9. The Morgan fingerprint density at radius 1 is 1.57 bits per heavy atom. The molecule has 0 heterocycles. The summed E-state index contributed by atoms with van der Waals surface area (Å²) in [5.74, 6) is -0.275. The Morgan fingerprint density at radius 3 is 2.57 bits per heavy atom. The Hall–Kier alpha value is -0.690. The number of Topliss-reactive ketones (excluding diaryl/α,β-unsaturated/α-hetero) is 1. The van der Waals surface area contributed by atoms with Crippen molar-refractivity contribution in [3.63, 3.8) is 0 Å². The third-order valence-electron chi connectivity index (χ3n) is 1.62. The molecule has 1 rings (SSSR count). The highest BCUT2D eigenvalue weighted by molar-refractivity contribution is 14.1. The Labute approximate surface area is 98.5 Å². The molecule has 0 unspecified atom stereocenters. The topological polar surface area (TPSA) is 60.2 Å². The smallest absolute Gasteiger partial charge is 0.288 e. The van der Waals surface area contributed by atoms with Gasteiger partial charge in [-0.15, -0.1) is 0 Å². The molecule has 0 radical (unpaired) electrons. The molecule has 0 aliphatic carbocycles. The summed E-state index contributed by atoms with van der Waals surface area (Å²) < 4.78 is 0.616. The summed E-state index contributed by atoms with van der Waals surface area (Å²) in [6.07, 6.45) is 0. The second kappa shape index (κ2) is 4.22. The van der Waals surface area contributed by atoms with Crippen LogP contribution in [-0.4, -0.2) is 10.7 Å². The molecule has 0 N–H and O–H groups in total. The predicted molar refractivity (Wildman–Crippen MR) is 60.8 cm³/mol. The summed E-state index contributed by atoms with van der Waals surface area (Å²) in [7, 11) is 0. The Kier molecular flexibility index (Phi) is 3.43. The Morgan fingerprint density at radius 2 is 2.14 bits per heavy atom. The van der Waals surface area contributed by atoms with Gasteiger partial charge in [0, 0.05) is 9.64 Å². The number of nitro groups is 1. The van der Waals surface area contributed by atoms with Crippen LogP contribution in [0.25, 0.3) is 0 Å². The fraction of sp³-hybridized carbons (Fsp3) is 0.125. The molecule has 0 atom stereocenters. The van der Waals surface area contributed by atoms with Gasteiger partial charge < -0.3 is 0 Å². The molecule has 0 amide bonds. The van der Waals surface area contributed by atoms with Crippen LogP contribution in [0.5, 0.6) is 0 Å². The van der Waals surface area contributed by atoms with Crippen LogP contribution in [0.2, 0.25) is 5.02 Å². The Balaban J connectivity index is 3.49. The fourth-order valence-corrected chi connectivity index (χ4v) is 2.36. The van der Waals surface area contributed by atoms with Crippen molar-refractivity contribution in [2.75, 3.05) is 0 Å². The predicted octanol–water partition coefficient (Wildman–Crippen LogP) is 3.06. The van der Waals surface area contributed by atoms with Crippen molar-refractivity contribution in [3.8, 4) is 0 Å². The first-order valence-corrected chi connectivity index (χ1v) is 5.04. The molecule has 0 saturated heterocycles. The number of hydrogen-bond donors (Lipinski definition) is 0. The molecule has 6 heteroatoms. The first kappa shape index (κ1) is 11.4. The highest BCUT2D eigenvalue weighted by atomic mass is 127. The van der Waals surface area contributed by atoms with Crippen LogP contribution in [0, 0.1) is 13.7 Å². The highest BCUT2D eigenvalue weighted by Gasteiger charge is 2.20. The van der Waals surface area contributed by atoms with Gasteiger partial charge in [-0.1, -0.05) is 11.6 Å². The molecule has 4 nitrogen and oxygen atoms in total. The molecule has 0 bridgehead atoms. The number of nitro benzene ring substituents is 1. The molecule has 74 valence electrons. The van der Waals surface area contributed by atoms with Crippen molar-refractivity contribution in [1.29, 1.82) is 0 Å². The van der Waals surface area contributed by atoms with Crippen LogP contribution >= 0.6 is 34.2 Å². The minimum atomic E-state index is -0.606. The highest BCUT2D eigenvalue weighted by Crippen LogP contribution is 2.31. The van der Waals surface area contributed by atoms with Crippen molar-refractivity contribution >= 4 is 45.7 Å². The lowest BCUT2D eigenvalue weighted by Gasteiger charge is -2.03. The molecular formula is C8H5ClINO3. The van der Waals surface area contributed by atoms with Gasteiger partial charge in [0.05, 0.1) is 10.5 Å². The summed E-state index contributed by atoms with van der Waals surface area (Å²) in [6, 6.07) is 2.79. The van der Waals surface area contributed by atoms with Crippen LogP contribution in [0.4, 0.5) is 5.69 Å². The van der Waals surface area contributed by atoms with Crippen LogP contribution in [-0.2, 0) is 0 Å². The van der Waals surface area contributed by atoms with Crippen molar-refractivity contribution in [3.05, 3.63) is 36.4 Å². The van der Waals surface area contributed by atoms with Gasteiger partial charge in [0.25, 0.3) is 5.69 Å². The molecular weight excluding hydrogens is 320 g/mol. The zero-order valence-corrected chi connectivity index (χ0v) is 10.00. The first-order chi connectivity index (χ1) is 6.45. The second-order valence-corrected chi connectivity index (χ2v) is 4.11. The van der Waals surface area contributed by atoms with E-state index in [1.165, 1.54) is 19.1 Å². The number of nitrogens with zero attached hydrogens (tertiary/aromatic N) is 1. The van der Waals surface area contributed by atoms with Gasteiger partial charge in [-0.2, -0.15) is 0 Å². The molecule has 14 heavy (non-hydrogen) atoms. The van der Waals surface area contributed by atoms with Crippen molar-refractivity contribution < 1.29 is 9.72 Å². The van der Waals surface area contributed by atoms with E-state index in [0.29, 0.717) is 3.57 Å². The monoisotopic (exact) mass is 325 g/mol. The largest absolute Gasteiger partial charge is 0.294 e. The number of carbonyl (C=O) groups excluding carboxylic acids is 1. The van der Waals surface area contributed by atoms with Crippen LogP contribution in [0.15, 0.2) is 12.1 Å². The lowest BCUT2D eigenvalue weighted by atomic mass is 10.1. The van der Waals surface area contributed by atoms with E-state index in [1.807, 2.05) is 22.6 Å². The Bertz CT molecular complexity index is 419. The van der Waals surface area contributed by atoms with E-state index in [4.69, 9.17) is 11.6 Å². The molecule has 0 aliphatic heterocycles. The van der Waals surface area contributed by atoms with E-state index in [1.54, 1.807) is 0 Å². The number of ketones is 1. The van der Waals surface area contributed by atoms with Crippen molar-refractivity contribution in [1.82, 2.24) is 0 Å². The van der Waals surface area contributed by atoms with Gasteiger partial charge in [-0.3, -0.25) is 14.9 Å². The molecule has 1 aromatic rings. The maximum absolute atomic E-state index is 11.2. The molecule has 0 fully saturated rings. The maximum atomic E-state index is 11.2. The van der Waals surface area contributed by atoms with Gasteiger partial charge in [-0.25, -0.2) is 0 Å². The van der Waals surface area contributed by atoms with Crippen LogP contribution < -0.4 is 0 Å². The van der Waals surface area contributed by atoms with Gasteiger partial charge in [0.1, 0.15) is 5.02 Å². The lowest BCUT2D eigenvalue weighted by molar-refractivity contribution is -0.384. The van der Waals surface area contributed by atoms with E-state index in [0.717, 1.165) is 0 Å². The number of hydrogen-bond acceptors (Lipinski definition) is 3. The summed E-state index contributed by atoms with van der Waals surface area (Å²) in [4.78, 5) is 21.1. The number of carbonyl (C=O) groups is 1. The van der Waals surface area contributed by atoms with Crippen LogP contribution in [0.1, 0.15) is 17.3 Å². The van der Waals surface area contributed by atoms with Gasteiger partial charge in [-0.05, 0) is 35.6 Å². The van der Waals surface area contributed by atoms with Crippen molar-refractivity contribution in [2.24, 2.45) is 0 Å². The standard InChI is InChI=1S/C8H5ClINO3/c1-4(12)7-5(10)2-3-6(8(7)9)11(13)14/h2-3H,1H3. The average molecular weight is 325 g/mol. The summed E-state index contributed by atoms with van der Waals surface area (Å²) >= 11 is 7.65. The van der Waals surface area contributed by atoms with Gasteiger partial charge in [0.2, 0.25) is 0 Å². The second-order valence-electron chi connectivity index (χ2n) is 2.57. The summed E-state index contributed by atoms with van der Waals surface area (Å²) in [5, 5.41) is 10.4. The molecule has 0 saturated carbocycles. The minimum absolute atomic E-state index is 0.0885. The quantitative estimate of drug-likeness (QED) is 0.363. The number of rotatable bonds is 2. The SMILES string of the molecule is CC(=O)c1c(I)ccc([N+](=O)[O-])c1Cl. The van der Waals surface area contributed by atoms with Gasteiger partial charge in [0.15, 0.2) is 5.78 Å². The molecule has 0 aliphatic rings. The summed E-state index contributed by atoms with van der Waals surface area (Å²) in [6.45, 7) is 1.33. The third kappa shape index (κ3) is 2.03. The van der Waals surface area contributed by atoms with Crippen molar-refractivity contribution in [2.45, 2.75) is 6.92 Å². The zero-order valence-electron chi connectivity index (χ0n) is 7.08. The fourth-order valence-electron chi connectivity index (χ4n) is 1.01. The third-order valence-corrected chi connectivity index (χ3v) is 2.90. The normalized spacial score (nSPS) is 9.93.